The Hall–Kier alpha value is -3.00. The Balaban J connectivity index is 1.47. The van der Waals surface area contributed by atoms with Crippen molar-refractivity contribution < 1.29 is 18.8 Å². The molecule has 0 bridgehead atoms. The molecule has 4 N–H and O–H groups in total. The third kappa shape index (κ3) is 3.33. The lowest BCUT2D eigenvalue weighted by atomic mass is 9.93. The van der Waals surface area contributed by atoms with Crippen molar-refractivity contribution in [1.29, 1.82) is 0 Å². The summed E-state index contributed by atoms with van der Waals surface area (Å²) in [6.07, 6.45) is 4.93. The van der Waals surface area contributed by atoms with Gasteiger partial charge >= 0.3 is 6.03 Å². The highest BCUT2D eigenvalue weighted by Crippen LogP contribution is 2.31. The summed E-state index contributed by atoms with van der Waals surface area (Å²) in [5.41, 5.74) is 10.9. The van der Waals surface area contributed by atoms with Crippen LogP contribution in [0.3, 0.4) is 0 Å². The van der Waals surface area contributed by atoms with Crippen LogP contribution in [0.25, 0.3) is 0 Å². The van der Waals surface area contributed by atoms with Gasteiger partial charge in [-0.25, -0.2) is 14.6 Å². The zero-order chi connectivity index (χ0) is 17.1. The number of allylic oxidation sites excluding steroid dienone is 3. The van der Waals surface area contributed by atoms with E-state index >= 15 is 0 Å². The van der Waals surface area contributed by atoms with Crippen LogP contribution in [0.1, 0.15) is 6.42 Å². The first kappa shape index (κ1) is 15.9. The average Bonchev–Trinajstić information content (AvgIpc) is 2.90. The number of fused-ring (bicyclic) bond motifs is 1. The number of carbonyl (C=O) groups is 3. The number of anilines is 1. The molecule has 0 radical (unpaired) electrons. The van der Waals surface area contributed by atoms with Crippen molar-refractivity contribution in [2.75, 3.05) is 5.43 Å². The maximum absolute atomic E-state index is 12.8. The second-order valence-electron chi connectivity index (χ2n) is 5.44. The lowest BCUT2D eigenvalue weighted by molar-refractivity contribution is -0.118. The first-order valence-electron chi connectivity index (χ1n) is 7.34. The van der Waals surface area contributed by atoms with E-state index < -0.39 is 18.0 Å². The Labute approximate surface area is 136 Å². The van der Waals surface area contributed by atoms with Crippen LogP contribution in [0.15, 0.2) is 48.1 Å². The number of urea groups is 1. The van der Waals surface area contributed by atoms with Gasteiger partial charge in [0.2, 0.25) is 0 Å². The molecule has 0 aliphatic heterocycles. The van der Waals surface area contributed by atoms with Crippen LogP contribution in [-0.4, -0.2) is 23.6 Å². The summed E-state index contributed by atoms with van der Waals surface area (Å²) >= 11 is 0. The van der Waals surface area contributed by atoms with Crippen LogP contribution >= 0.6 is 0 Å². The van der Waals surface area contributed by atoms with Crippen molar-refractivity contribution in [3.63, 3.8) is 0 Å². The molecule has 2 amide bonds. The Kier molecular flexibility index (Phi) is 4.39. The number of ketones is 2. The predicted molar refractivity (Wildman–Crippen MR) is 84.0 cm³/mol. The maximum Gasteiger partial charge on any atom is 0.347 e. The molecular formula is C16H15FN4O3. The lowest BCUT2D eigenvalue weighted by Crippen LogP contribution is -2.51. The van der Waals surface area contributed by atoms with Gasteiger partial charge in [0, 0.05) is 5.57 Å². The number of hydrogen-bond donors (Lipinski definition) is 4. The number of hydrogen-bond acceptors (Lipinski definition) is 5. The molecule has 8 heteroatoms. The third-order valence-electron chi connectivity index (χ3n) is 3.85. The van der Waals surface area contributed by atoms with Crippen molar-refractivity contribution in [2.24, 2.45) is 5.92 Å². The quantitative estimate of drug-likeness (QED) is 0.617. The van der Waals surface area contributed by atoms with E-state index in [1.165, 1.54) is 30.3 Å². The number of nitrogens with one attached hydrogen (secondary N) is 4. The minimum Gasteiger partial charge on any atom is -0.297 e. The topological polar surface area (TPSA) is 99.3 Å². The van der Waals surface area contributed by atoms with Crippen LogP contribution in [0, 0.1) is 11.7 Å². The molecule has 0 spiro atoms. The molecule has 124 valence electrons. The number of rotatable bonds is 4. The van der Waals surface area contributed by atoms with Gasteiger partial charge in [0.15, 0.2) is 11.6 Å². The van der Waals surface area contributed by atoms with Gasteiger partial charge in [-0.2, -0.15) is 0 Å². The highest BCUT2D eigenvalue weighted by atomic mass is 19.1. The minimum absolute atomic E-state index is 0.104. The van der Waals surface area contributed by atoms with Crippen molar-refractivity contribution in [2.45, 2.75) is 12.5 Å². The largest absolute Gasteiger partial charge is 0.347 e. The number of benzene rings is 1. The monoisotopic (exact) mass is 330 g/mol. The molecule has 7 nitrogen and oxygen atoms in total. The fraction of sp³-hybridized carbons (Fsp3) is 0.188. The van der Waals surface area contributed by atoms with Crippen LogP contribution in [0.4, 0.5) is 14.9 Å². The molecule has 0 aromatic heterocycles. The van der Waals surface area contributed by atoms with Crippen molar-refractivity contribution in [1.82, 2.24) is 16.3 Å². The summed E-state index contributed by atoms with van der Waals surface area (Å²) in [4.78, 5) is 35.6. The number of hydrazine groups is 2. The molecule has 1 aromatic rings. The summed E-state index contributed by atoms with van der Waals surface area (Å²) in [5, 5.41) is 0. The van der Waals surface area contributed by atoms with Crippen LogP contribution in [0.5, 0.6) is 0 Å². The third-order valence-corrected chi connectivity index (χ3v) is 3.85. The van der Waals surface area contributed by atoms with Gasteiger partial charge in [-0.15, -0.1) is 0 Å². The van der Waals surface area contributed by atoms with E-state index in [9.17, 15) is 18.8 Å². The SMILES string of the molecule is O=C(NNc1ccc(F)cc1)NNC1CC2C(=O)C=CC=C2C1=O. The number of amides is 2. The molecule has 1 saturated carbocycles. The van der Waals surface area contributed by atoms with Gasteiger partial charge in [-0.05, 0) is 36.8 Å². The normalized spacial score (nSPS) is 22.0. The van der Waals surface area contributed by atoms with Crippen molar-refractivity contribution in [3.05, 3.63) is 53.9 Å². The van der Waals surface area contributed by atoms with E-state index in [1.54, 1.807) is 12.2 Å². The molecular weight excluding hydrogens is 315 g/mol. The summed E-state index contributed by atoms with van der Waals surface area (Å²) in [6, 6.07) is 4.14. The van der Waals surface area contributed by atoms with Crippen LogP contribution in [-0.2, 0) is 9.59 Å². The van der Waals surface area contributed by atoms with Gasteiger partial charge in [0.1, 0.15) is 5.82 Å². The molecule has 2 aliphatic carbocycles. The minimum atomic E-state index is -0.651. The van der Waals surface area contributed by atoms with E-state index in [2.05, 4.69) is 21.7 Å². The average molecular weight is 330 g/mol. The van der Waals surface area contributed by atoms with Gasteiger partial charge < -0.3 is 0 Å². The molecule has 24 heavy (non-hydrogen) atoms. The predicted octanol–water partition coefficient (Wildman–Crippen LogP) is 0.979. The Morgan fingerprint density at radius 3 is 2.58 bits per heavy atom. The first-order chi connectivity index (χ1) is 11.5. The van der Waals surface area contributed by atoms with E-state index in [1.807, 2.05) is 0 Å². The Morgan fingerprint density at radius 1 is 1.12 bits per heavy atom. The standard InChI is InChI=1S/C16H15FN4O3/c17-9-4-6-10(7-5-9)18-20-16(24)21-19-13-8-12-11(15(13)23)2-1-3-14(12)22/h1-7,12-13,18-19H,8H2,(H2,20,21,24). The molecule has 2 atom stereocenters. The van der Waals surface area contributed by atoms with E-state index in [0.717, 1.165) is 0 Å². The molecule has 2 aliphatic rings. The van der Waals surface area contributed by atoms with E-state index in [0.29, 0.717) is 17.7 Å². The van der Waals surface area contributed by atoms with Gasteiger partial charge in [-0.3, -0.25) is 25.9 Å². The summed E-state index contributed by atoms with van der Waals surface area (Å²) in [6.45, 7) is 0. The first-order valence-corrected chi connectivity index (χ1v) is 7.34. The summed E-state index contributed by atoms with van der Waals surface area (Å²) < 4.78 is 12.8. The summed E-state index contributed by atoms with van der Waals surface area (Å²) in [5.74, 6) is -1.13. The van der Waals surface area contributed by atoms with Crippen molar-refractivity contribution in [3.8, 4) is 0 Å². The lowest BCUT2D eigenvalue weighted by Gasteiger charge is -2.14. The molecule has 1 aromatic carbocycles. The molecule has 3 rings (SSSR count). The maximum atomic E-state index is 12.8. The molecule has 2 unspecified atom stereocenters. The van der Waals surface area contributed by atoms with E-state index in [4.69, 9.17) is 0 Å². The van der Waals surface area contributed by atoms with Gasteiger partial charge in [-0.1, -0.05) is 12.2 Å². The van der Waals surface area contributed by atoms with Gasteiger partial charge in [0.25, 0.3) is 0 Å². The second-order valence-corrected chi connectivity index (χ2v) is 5.44. The smallest absolute Gasteiger partial charge is 0.297 e. The zero-order valence-corrected chi connectivity index (χ0v) is 12.5. The Bertz CT molecular complexity index is 742. The fourth-order valence-corrected chi connectivity index (χ4v) is 2.64. The molecule has 1 fully saturated rings. The number of Topliss-reactive ketones (excluding diaryl/α,β-unsaturated/α-hetero) is 1. The molecule has 0 heterocycles. The van der Waals surface area contributed by atoms with Gasteiger partial charge in [0.05, 0.1) is 17.6 Å². The van der Waals surface area contributed by atoms with E-state index in [-0.39, 0.29) is 17.4 Å². The Morgan fingerprint density at radius 2 is 1.88 bits per heavy atom. The second kappa shape index (κ2) is 6.63. The van der Waals surface area contributed by atoms with Crippen LogP contribution in [0.2, 0.25) is 0 Å². The number of carbonyl (C=O) groups excluding carboxylic acids is 3. The van der Waals surface area contributed by atoms with Crippen molar-refractivity contribution >= 4 is 23.3 Å². The molecule has 0 saturated heterocycles. The van der Waals surface area contributed by atoms with Crippen LogP contribution < -0.4 is 21.7 Å². The highest BCUT2D eigenvalue weighted by molar-refractivity contribution is 6.12. The summed E-state index contributed by atoms with van der Waals surface area (Å²) in [7, 11) is 0. The highest BCUT2D eigenvalue weighted by Gasteiger charge is 2.41. The number of halogens is 1. The zero-order valence-electron chi connectivity index (χ0n) is 12.5. The fourth-order valence-electron chi connectivity index (χ4n) is 2.64.